The third kappa shape index (κ3) is 6.64. The SMILES string of the molecule is CCCCCCCCCCCC(=O)NC(C)c1n[nH]c2cc(C(C)(C)C)nn12. The summed E-state index contributed by atoms with van der Waals surface area (Å²) >= 11 is 0. The summed E-state index contributed by atoms with van der Waals surface area (Å²) in [7, 11) is 0. The first-order valence-electron chi connectivity index (χ1n) is 11.1. The standard InChI is InChI=1S/C22H39N5O/c1-6-7-8-9-10-11-12-13-14-15-20(28)23-17(2)21-25-24-19-16-18(22(3,4)5)26-27(19)21/h16-17,24H,6-15H2,1-5H3,(H,23,28). The Hall–Kier alpha value is -1.85. The number of amides is 1. The average Bonchev–Trinajstić information content (AvgIpc) is 3.20. The normalized spacial score (nSPS) is 13.2. The first kappa shape index (κ1) is 22.4. The van der Waals surface area contributed by atoms with E-state index in [1.54, 1.807) is 0 Å². The maximum atomic E-state index is 12.3. The lowest BCUT2D eigenvalue weighted by molar-refractivity contribution is -0.121. The maximum absolute atomic E-state index is 12.3. The van der Waals surface area contributed by atoms with Gasteiger partial charge in [0.2, 0.25) is 5.91 Å². The number of hydrogen-bond acceptors (Lipinski definition) is 3. The molecule has 0 spiro atoms. The van der Waals surface area contributed by atoms with Crippen molar-refractivity contribution in [1.29, 1.82) is 0 Å². The minimum Gasteiger partial charge on any atom is -0.346 e. The fourth-order valence-electron chi connectivity index (χ4n) is 3.42. The molecule has 0 aliphatic heterocycles. The Kier molecular flexibility index (Phi) is 8.52. The number of carbonyl (C=O) groups is 1. The molecule has 0 radical (unpaired) electrons. The molecule has 2 N–H and O–H groups in total. The van der Waals surface area contributed by atoms with E-state index >= 15 is 0 Å². The van der Waals surface area contributed by atoms with E-state index in [2.05, 4.69) is 48.3 Å². The van der Waals surface area contributed by atoms with E-state index < -0.39 is 0 Å². The monoisotopic (exact) mass is 389 g/mol. The molecule has 0 aromatic carbocycles. The molecule has 0 saturated carbocycles. The van der Waals surface area contributed by atoms with E-state index in [0.717, 1.165) is 30.0 Å². The van der Waals surface area contributed by atoms with Crippen LogP contribution in [0, 0.1) is 0 Å². The Bertz CT molecular complexity index is 725. The van der Waals surface area contributed by atoms with E-state index in [9.17, 15) is 4.79 Å². The fourth-order valence-corrected chi connectivity index (χ4v) is 3.42. The van der Waals surface area contributed by atoms with Crippen LogP contribution in [0.15, 0.2) is 6.07 Å². The lowest BCUT2D eigenvalue weighted by Gasteiger charge is -2.14. The van der Waals surface area contributed by atoms with Gasteiger partial charge in [-0.2, -0.15) is 14.7 Å². The molecule has 1 amide bonds. The molecule has 0 bridgehead atoms. The molecule has 1 unspecified atom stereocenters. The highest BCUT2D eigenvalue weighted by molar-refractivity contribution is 5.76. The first-order valence-corrected chi connectivity index (χ1v) is 11.1. The lowest BCUT2D eigenvalue weighted by Crippen LogP contribution is -2.28. The van der Waals surface area contributed by atoms with Gasteiger partial charge in [-0.05, 0) is 13.3 Å². The number of aromatic amines is 1. The van der Waals surface area contributed by atoms with Crippen molar-refractivity contribution in [3.05, 3.63) is 17.6 Å². The molecule has 6 nitrogen and oxygen atoms in total. The van der Waals surface area contributed by atoms with Crippen molar-refractivity contribution in [3.8, 4) is 0 Å². The number of aromatic nitrogens is 4. The van der Waals surface area contributed by atoms with E-state index in [4.69, 9.17) is 0 Å². The Morgan fingerprint density at radius 1 is 1.11 bits per heavy atom. The second-order valence-corrected chi connectivity index (χ2v) is 9.03. The summed E-state index contributed by atoms with van der Waals surface area (Å²) in [5, 5.41) is 15.1. The van der Waals surface area contributed by atoms with Gasteiger partial charge in [0.1, 0.15) is 0 Å². The molecule has 0 fully saturated rings. The highest BCUT2D eigenvalue weighted by atomic mass is 16.1. The summed E-state index contributed by atoms with van der Waals surface area (Å²) in [6.45, 7) is 10.6. The van der Waals surface area contributed by atoms with Gasteiger partial charge in [-0.1, -0.05) is 79.1 Å². The summed E-state index contributed by atoms with van der Waals surface area (Å²) in [5.74, 6) is 0.834. The molecule has 0 aliphatic rings. The Labute approximate surface area is 169 Å². The number of carbonyl (C=O) groups excluding carboxylic acids is 1. The van der Waals surface area contributed by atoms with Crippen LogP contribution in [0.3, 0.4) is 0 Å². The molecule has 0 aliphatic carbocycles. The van der Waals surface area contributed by atoms with Crippen LogP contribution in [-0.2, 0) is 10.2 Å². The second kappa shape index (κ2) is 10.6. The predicted molar refractivity (Wildman–Crippen MR) is 114 cm³/mol. The minimum absolute atomic E-state index is 0.0212. The van der Waals surface area contributed by atoms with Crippen LogP contribution in [0.5, 0.6) is 0 Å². The van der Waals surface area contributed by atoms with Crippen LogP contribution in [-0.4, -0.2) is 25.7 Å². The molecular weight excluding hydrogens is 350 g/mol. The van der Waals surface area contributed by atoms with Crippen molar-refractivity contribution >= 4 is 11.6 Å². The topological polar surface area (TPSA) is 75.1 Å². The smallest absolute Gasteiger partial charge is 0.220 e. The summed E-state index contributed by atoms with van der Waals surface area (Å²) in [6.07, 6.45) is 11.9. The van der Waals surface area contributed by atoms with Crippen LogP contribution in [0.2, 0.25) is 0 Å². The van der Waals surface area contributed by atoms with Crippen molar-refractivity contribution in [3.63, 3.8) is 0 Å². The van der Waals surface area contributed by atoms with Crippen molar-refractivity contribution in [2.45, 2.75) is 110 Å². The first-order chi connectivity index (χ1) is 13.3. The number of nitrogens with one attached hydrogen (secondary N) is 2. The van der Waals surface area contributed by atoms with Crippen molar-refractivity contribution in [2.24, 2.45) is 0 Å². The summed E-state index contributed by atoms with van der Waals surface area (Å²) < 4.78 is 1.81. The summed E-state index contributed by atoms with van der Waals surface area (Å²) in [5.41, 5.74) is 1.85. The van der Waals surface area contributed by atoms with Gasteiger partial charge in [0.25, 0.3) is 0 Å². The highest BCUT2D eigenvalue weighted by Gasteiger charge is 2.22. The van der Waals surface area contributed by atoms with Crippen LogP contribution in [0.1, 0.15) is 116 Å². The second-order valence-electron chi connectivity index (χ2n) is 9.03. The van der Waals surface area contributed by atoms with Crippen molar-refractivity contribution in [1.82, 2.24) is 25.1 Å². The molecule has 1 atom stereocenters. The van der Waals surface area contributed by atoms with Gasteiger partial charge in [-0.15, -0.1) is 0 Å². The van der Waals surface area contributed by atoms with Gasteiger partial charge in [0.05, 0.1) is 11.7 Å². The third-order valence-corrected chi connectivity index (χ3v) is 5.25. The molecule has 0 saturated heterocycles. The molecule has 2 heterocycles. The molecule has 158 valence electrons. The van der Waals surface area contributed by atoms with Gasteiger partial charge >= 0.3 is 0 Å². The Balaban J connectivity index is 1.71. The van der Waals surface area contributed by atoms with Crippen molar-refractivity contribution in [2.75, 3.05) is 0 Å². The summed E-state index contributed by atoms with van der Waals surface area (Å²) in [6, 6.07) is 1.85. The summed E-state index contributed by atoms with van der Waals surface area (Å²) in [4.78, 5) is 12.3. The van der Waals surface area contributed by atoms with Crippen molar-refractivity contribution < 1.29 is 4.79 Å². The van der Waals surface area contributed by atoms with Crippen LogP contribution in [0.4, 0.5) is 0 Å². The molecule has 2 aromatic rings. The average molecular weight is 390 g/mol. The molecule has 2 rings (SSSR count). The third-order valence-electron chi connectivity index (χ3n) is 5.25. The van der Waals surface area contributed by atoms with Crippen LogP contribution >= 0.6 is 0 Å². The number of nitrogens with zero attached hydrogens (tertiary/aromatic N) is 3. The maximum Gasteiger partial charge on any atom is 0.220 e. The molecular formula is C22H39N5O. The van der Waals surface area contributed by atoms with Crippen LogP contribution < -0.4 is 5.32 Å². The number of fused-ring (bicyclic) bond motifs is 1. The van der Waals surface area contributed by atoms with Gasteiger partial charge in [0, 0.05) is 17.9 Å². The highest BCUT2D eigenvalue weighted by Crippen LogP contribution is 2.23. The Morgan fingerprint density at radius 3 is 2.32 bits per heavy atom. The number of H-pyrrole nitrogens is 1. The zero-order valence-corrected chi connectivity index (χ0v) is 18.5. The zero-order valence-electron chi connectivity index (χ0n) is 18.5. The van der Waals surface area contributed by atoms with Gasteiger partial charge < -0.3 is 5.32 Å². The fraction of sp³-hybridized carbons (Fsp3) is 0.773. The van der Waals surface area contributed by atoms with E-state index in [-0.39, 0.29) is 17.4 Å². The molecule has 2 aromatic heterocycles. The molecule has 28 heavy (non-hydrogen) atoms. The number of rotatable bonds is 12. The predicted octanol–water partition coefficient (Wildman–Crippen LogP) is 5.45. The Morgan fingerprint density at radius 2 is 1.71 bits per heavy atom. The van der Waals surface area contributed by atoms with Gasteiger partial charge in [0.15, 0.2) is 11.5 Å². The lowest BCUT2D eigenvalue weighted by atomic mass is 9.93. The largest absolute Gasteiger partial charge is 0.346 e. The molecule has 6 heteroatoms. The van der Waals surface area contributed by atoms with Gasteiger partial charge in [-0.3, -0.25) is 9.89 Å². The zero-order chi connectivity index (χ0) is 20.6. The van der Waals surface area contributed by atoms with E-state index in [1.807, 2.05) is 17.5 Å². The van der Waals surface area contributed by atoms with E-state index in [1.165, 1.54) is 44.9 Å². The number of unbranched alkanes of at least 4 members (excludes halogenated alkanes) is 8. The van der Waals surface area contributed by atoms with Crippen LogP contribution in [0.25, 0.3) is 5.65 Å². The minimum atomic E-state index is -0.174. The number of hydrogen-bond donors (Lipinski definition) is 2. The van der Waals surface area contributed by atoms with Gasteiger partial charge in [-0.25, -0.2) is 0 Å². The quantitative estimate of drug-likeness (QED) is 0.474. The van der Waals surface area contributed by atoms with E-state index in [0.29, 0.717) is 6.42 Å².